The molecule has 0 saturated carbocycles. The second kappa shape index (κ2) is 3.90. The topological polar surface area (TPSA) is 52.5 Å². The van der Waals surface area contributed by atoms with Crippen LogP contribution in [0.3, 0.4) is 0 Å². The highest BCUT2D eigenvalue weighted by atomic mass is 127. The fraction of sp³-hybridized carbons (Fsp3) is 0.500. The van der Waals surface area contributed by atoms with Crippen molar-refractivity contribution in [1.82, 2.24) is 9.97 Å². The van der Waals surface area contributed by atoms with Crippen molar-refractivity contribution >= 4 is 22.6 Å². The first kappa shape index (κ1) is 9.52. The second-order valence-electron chi connectivity index (χ2n) is 3.06. The molecule has 1 aromatic rings. The Morgan fingerprint density at radius 3 is 2.75 bits per heavy atom. The Kier molecular flexibility index (Phi) is 3.09. The summed E-state index contributed by atoms with van der Waals surface area (Å²) in [5, 5.41) is 8.63. The van der Waals surface area contributed by atoms with Crippen molar-refractivity contribution in [2.24, 2.45) is 5.92 Å². The predicted molar refractivity (Wildman–Crippen MR) is 54.6 cm³/mol. The van der Waals surface area contributed by atoms with Gasteiger partial charge in [0, 0.05) is 6.42 Å². The molecule has 0 atom stereocenters. The van der Waals surface area contributed by atoms with E-state index in [2.05, 4.69) is 46.4 Å². The van der Waals surface area contributed by atoms with E-state index in [1.807, 2.05) is 6.07 Å². The Labute approximate surface area is 85.3 Å². The lowest BCUT2D eigenvalue weighted by atomic mass is 10.1. The Morgan fingerprint density at radius 1 is 1.67 bits per heavy atom. The van der Waals surface area contributed by atoms with Crippen LogP contribution in [0.5, 0.6) is 0 Å². The predicted octanol–water partition coefficient (Wildman–Crippen LogP) is 2.08. The molecule has 1 aromatic heterocycles. The van der Waals surface area contributed by atoms with E-state index in [1.165, 1.54) is 0 Å². The molecule has 0 radical (unpaired) electrons. The van der Waals surface area contributed by atoms with E-state index in [0.717, 1.165) is 15.9 Å². The second-order valence-corrected chi connectivity index (χ2v) is 4.13. The summed E-state index contributed by atoms with van der Waals surface area (Å²) in [6.07, 6.45) is 0.900. The SMILES string of the molecule is CC(C)Cc1nc(C#N)c(I)[nH]1. The largest absolute Gasteiger partial charge is 0.336 e. The van der Waals surface area contributed by atoms with Gasteiger partial charge >= 0.3 is 0 Å². The van der Waals surface area contributed by atoms with Crippen LogP contribution in [0.4, 0.5) is 0 Å². The summed E-state index contributed by atoms with van der Waals surface area (Å²) in [4.78, 5) is 7.22. The summed E-state index contributed by atoms with van der Waals surface area (Å²) in [7, 11) is 0. The lowest BCUT2D eigenvalue weighted by Crippen LogP contribution is -1.95. The summed E-state index contributed by atoms with van der Waals surface area (Å²) < 4.78 is 0.839. The molecular formula is C8H10IN3. The molecule has 4 heteroatoms. The number of hydrogen-bond acceptors (Lipinski definition) is 2. The van der Waals surface area contributed by atoms with Crippen LogP contribution in [0.25, 0.3) is 0 Å². The average molecular weight is 275 g/mol. The quantitative estimate of drug-likeness (QED) is 0.840. The van der Waals surface area contributed by atoms with Gasteiger partial charge in [0.1, 0.15) is 15.6 Å². The lowest BCUT2D eigenvalue weighted by Gasteiger charge is -1.98. The van der Waals surface area contributed by atoms with Crippen LogP contribution in [-0.4, -0.2) is 9.97 Å². The normalized spacial score (nSPS) is 10.2. The molecule has 64 valence electrons. The van der Waals surface area contributed by atoms with Gasteiger partial charge in [0.15, 0.2) is 5.69 Å². The number of rotatable bonds is 2. The van der Waals surface area contributed by atoms with Crippen LogP contribution in [0.2, 0.25) is 0 Å². The van der Waals surface area contributed by atoms with Gasteiger partial charge in [0.2, 0.25) is 0 Å². The highest BCUT2D eigenvalue weighted by molar-refractivity contribution is 14.1. The minimum absolute atomic E-state index is 0.506. The Hall–Kier alpha value is -0.570. The van der Waals surface area contributed by atoms with Crippen molar-refractivity contribution < 1.29 is 0 Å². The van der Waals surface area contributed by atoms with E-state index in [-0.39, 0.29) is 0 Å². The van der Waals surface area contributed by atoms with E-state index in [9.17, 15) is 0 Å². The van der Waals surface area contributed by atoms with E-state index in [0.29, 0.717) is 11.6 Å². The van der Waals surface area contributed by atoms with Gasteiger partial charge in [-0.15, -0.1) is 0 Å². The third-order valence-electron chi connectivity index (χ3n) is 1.42. The molecule has 0 aliphatic rings. The smallest absolute Gasteiger partial charge is 0.172 e. The maximum Gasteiger partial charge on any atom is 0.172 e. The van der Waals surface area contributed by atoms with Crippen LogP contribution in [0.15, 0.2) is 0 Å². The van der Waals surface area contributed by atoms with E-state index >= 15 is 0 Å². The van der Waals surface area contributed by atoms with Crippen molar-refractivity contribution in [3.05, 3.63) is 15.2 Å². The fourth-order valence-corrected chi connectivity index (χ4v) is 1.51. The number of aromatic nitrogens is 2. The summed E-state index contributed by atoms with van der Waals surface area (Å²) >= 11 is 2.09. The zero-order chi connectivity index (χ0) is 9.14. The van der Waals surface area contributed by atoms with Gasteiger partial charge in [0.05, 0.1) is 0 Å². The first-order chi connectivity index (χ1) is 5.63. The third kappa shape index (κ3) is 2.21. The molecular weight excluding hydrogens is 265 g/mol. The fourth-order valence-electron chi connectivity index (χ4n) is 0.955. The van der Waals surface area contributed by atoms with Crippen molar-refractivity contribution in [3.8, 4) is 6.07 Å². The Balaban J connectivity index is 2.84. The number of nitrogens with one attached hydrogen (secondary N) is 1. The van der Waals surface area contributed by atoms with Gasteiger partial charge < -0.3 is 4.98 Å². The average Bonchev–Trinajstić information content (AvgIpc) is 2.29. The number of halogens is 1. The molecule has 0 amide bonds. The zero-order valence-electron chi connectivity index (χ0n) is 7.06. The first-order valence-electron chi connectivity index (χ1n) is 3.78. The minimum atomic E-state index is 0.506. The van der Waals surface area contributed by atoms with Crippen LogP contribution in [-0.2, 0) is 6.42 Å². The van der Waals surface area contributed by atoms with Crippen LogP contribution >= 0.6 is 22.6 Å². The van der Waals surface area contributed by atoms with Gasteiger partial charge in [-0.2, -0.15) is 5.26 Å². The molecule has 1 rings (SSSR count). The first-order valence-corrected chi connectivity index (χ1v) is 4.86. The summed E-state index contributed by atoms with van der Waals surface area (Å²) in [6.45, 7) is 4.25. The molecule has 0 aromatic carbocycles. The van der Waals surface area contributed by atoms with Crippen LogP contribution < -0.4 is 0 Å². The van der Waals surface area contributed by atoms with Gasteiger partial charge in [-0.05, 0) is 28.5 Å². The number of aromatic amines is 1. The van der Waals surface area contributed by atoms with Crippen LogP contribution in [0.1, 0.15) is 25.4 Å². The highest BCUT2D eigenvalue weighted by Crippen LogP contribution is 2.10. The summed E-state index contributed by atoms with van der Waals surface area (Å²) in [5.41, 5.74) is 0.506. The van der Waals surface area contributed by atoms with E-state index in [4.69, 9.17) is 5.26 Å². The molecule has 0 spiro atoms. The van der Waals surface area contributed by atoms with Gasteiger partial charge in [-0.25, -0.2) is 4.98 Å². The molecule has 0 saturated heterocycles. The molecule has 0 fully saturated rings. The number of hydrogen-bond donors (Lipinski definition) is 1. The number of imidazole rings is 1. The molecule has 0 bridgehead atoms. The van der Waals surface area contributed by atoms with Crippen molar-refractivity contribution in [2.75, 3.05) is 0 Å². The monoisotopic (exact) mass is 275 g/mol. The number of nitrogens with zero attached hydrogens (tertiary/aromatic N) is 2. The summed E-state index contributed by atoms with van der Waals surface area (Å²) in [6, 6.07) is 2.04. The van der Waals surface area contributed by atoms with Crippen molar-refractivity contribution in [1.29, 1.82) is 5.26 Å². The lowest BCUT2D eigenvalue weighted by molar-refractivity contribution is 0.625. The maximum absolute atomic E-state index is 8.63. The molecule has 12 heavy (non-hydrogen) atoms. The number of nitriles is 1. The number of H-pyrrole nitrogens is 1. The van der Waals surface area contributed by atoms with E-state index < -0.39 is 0 Å². The standard InChI is InChI=1S/C8H10IN3/c1-5(2)3-7-11-6(4-10)8(9)12-7/h5H,3H2,1-2H3,(H,11,12). The third-order valence-corrected chi connectivity index (χ3v) is 2.20. The molecule has 1 N–H and O–H groups in total. The molecule has 0 aliphatic carbocycles. The molecule has 0 aliphatic heterocycles. The zero-order valence-corrected chi connectivity index (χ0v) is 9.21. The van der Waals surface area contributed by atoms with Gasteiger partial charge in [-0.3, -0.25) is 0 Å². The maximum atomic E-state index is 8.63. The molecule has 3 nitrogen and oxygen atoms in total. The van der Waals surface area contributed by atoms with Crippen molar-refractivity contribution in [2.45, 2.75) is 20.3 Å². The minimum Gasteiger partial charge on any atom is -0.336 e. The molecule has 0 unspecified atom stereocenters. The molecule has 1 heterocycles. The Morgan fingerprint density at radius 2 is 2.33 bits per heavy atom. The van der Waals surface area contributed by atoms with Crippen LogP contribution in [0, 0.1) is 20.9 Å². The van der Waals surface area contributed by atoms with Gasteiger partial charge in [0.25, 0.3) is 0 Å². The summed E-state index contributed by atoms with van der Waals surface area (Å²) in [5.74, 6) is 1.48. The van der Waals surface area contributed by atoms with Gasteiger partial charge in [-0.1, -0.05) is 13.8 Å². The van der Waals surface area contributed by atoms with E-state index in [1.54, 1.807) is 0 Å². The highest BCUT2D eigenvalue weighted by Gasteiger charge is 2.07. The Bertz CT molecular complexity index is 309. The van der Waals surface area contributed by atoms with Crippen molar-refractivity contribution in [3.63, 3.8) is 0 Å².